The van der Waals surface area contributed by atoms with Crippen molar-refractivity contribution >= 4 is 11.6 Å². The lowest BCUT2D eigenvalue weighted by Crippen LogP contribution is -2.34. The van der Waals surface area contributed by atoms with Crippen molar-refractivity contribution in [1.82, 2.24) is 15.1 Å². The van der Waals surface area contributed by atoms with Crippen molar-refractivity contribution in [2.24, 2.45) is 12.2 Å². The lowest BCUT2D eigenvalue weighted by atomic mass is 10.0. The van der Waals surface area contributed by atoms with Gasteiger partial charge in [-0.15, -0.1) is 0 Å². The number of aromatic nitrogens is 2. The highest BCUT2D eigenvalue weighted by atomic mass is 16.6. The molecule has 2 heterocycles. The molecule has 2 aromatic rings. The largest absolute Gasteiger partial charge is 0.497 e. The number of nitrogens with zero attached hydrogens (tertiary/aromatic N) is 3. The molecular formula is C17H20N4O3. The first kappa shape index (κ1) is 16.0. The summed E-state index contributed by atoms with van der Waals surface area (Å²) < 4.78 is 6.89. The predicted molar refractivity (Wildman–Crippen MR) is 88.8 cm³/mol. The summed E-state index contributed by atoms with van der Waals surface area (Å²) >= 11 is 0. The maximum atomic E-state index is 12.3. The number of oxime groups is 1. The summed E-state index contributed by atoms with van der Waals surface area (Å²) in [4.78, 5) is 17.5. The van der Waals surface area contributed by atoms with Gasteiger partial charge in [0, 0.05) is 13.5 Å². The van der Waals surface area contributed by atoms with Crippen LogP contribution in [0.25, 0.3) is 0 Å². The van der Waals surface area contributed by atoms with Crippen molar-refractivity contribution in [1.29, 1.82) is 0 Å². The Bertz CT molecular complexity index is 765. The van der Waals surface area contributed by atoms with Gasteiger partial charge in [0.1, 0.15) is 5.75 Å². The summed E-state index contributed by atoms with van der Waals surface area (Å²) in [6.07, 6.45) is -0.154. The third-order valence-corrected chi connectivity index (χ3v) is 3.93. The maximum absolute atomic E-state index is 12.3. The molecule has 0 radical (unpaired) electrons. The number of aryl methyl sites for hydroxylation is 2. The van der Waals surface area contributed by atoms with E-state index in [4.69, 9.17) is 9.57 Å². The molecule has 0 bridgehead atoms. The first-order chi connectivity index (χ1) is 11.6. The molecule has 24 heavy (non-hydrogen) atoms. The van der Waals surface area contributed by atoms with Crippen LogP contribution in [0.3, 0.4) is 0 Å². The number of rotatable bonds is 5. The van der Waals surface area contributed by atoms with Crippen molar-refractivity contribution in [2.75, 3.05) is 7.11 Å². The molecule has 1 amide bonds. The fraction of sp³-hybridized carbons (Fsp3) is 0.353. The van der Waals surface area contributed by atoms with Crippen LogP contribution in [0.2, 0.25) is 0 Å². The Kier molecular flexibility index (Phi) is 4.50. The Balaban J connectivity index is 1.55. The standard InChI is InChI=1S/C17H20N4O3/c1-11-8-13(21(2)19-11)10-18-17(22)16-9-15(20-24-16)12-4-6-14(23-3)7-5-12/h4-8,16H,9-10H2,1-3H3,(H,18,22). The average molecular weight is 328 g/mol. The molecule has 0 fully saturated rings. The van der Waals surface area contributed by atoms with Gasteiger partial charge >= 0.3 is 0 Å². The molecule has 0 saturated carbocycles. The first-order valence-electron chi connectivity index (χ1n) is 7.71. The Morgan fingerprint density at radius 3 is 2.79 bits per heavy atom. The van der Waals surface area contributed by atoms with Gasteiger partial charge in [-0.1, -0.05) is 5.16 Å². The molecule has 1 atom stereocenters. The molecule has 1 aliphatic heterocycles. The van der Waals surface area contributed by atoms with Crippen molar-refractivity contribution < 1.29 is 14.4 Å². The normalized spacial score (nSPS) is 16.5. The van der Waals surface area contributed by atoms with Gasteiger partial charge in [0.25, 0.3) is 5.91 Å². The molecular weight excluding hydrogens is 308 g/mol. The molecule has 1 aromatic carbocycles. The average Bonchev–Trinajstić information content (AvgIpc) is 3.19. The number of methoxy groups -OCH3 is 1. The molecule has 7 nitrogen and oxygen atoms in total. The lowest BCUT2D eigenvalue weighted by molar-refractivity contribution is -0.131. The number of carbonyl (C=O) groups is 1. The molecule has 1 N–H and O–H groups in total. The molecule has 1 aliphatic rings. The van der Waals surface area contributed by atoms with Gasteiger partial charge in [-0.25, -0.2) is 0 Å². The number of nitrogens with one attached hydrogen (secondary N) is 1. The summed E-state index contributed by atoms with van der Waals surface area (Å²) in [5, 5.41) is 11.2. The van der Waals surface area contributed by atoms with Gasteiger partial charge in [0.2, 0.25) is 6.10 Å². The fourth-order valence-corrected chi connectivity index (χ4v) is 2.59. The van der Waals surface area contributed by atoms with E-state index in [-0.39, 0.29) is 5.91 Å². The van der Waals surface area contributed by atoms with E-state index in [2.05, 4.69) is 15.6 Å². The van der Waals surface area contributed by atoms with Gasteiger partial charge in [-0.2, -0.15) is 5.10 Å². The molecule has 0 saturated heterocycles. The van der Waals surface area contributed by atoms with E-state index < -0.39 is 6.10 Å². The van der Waals surface area contributed by atoms with Crippen LogP contribution in [-0.4, -0.2) is 34.6 Å². The van der Waals surface area contributed by atoms with Crippen LogP contribution in [0, 0.1) is 6.92 Å². The second-order valence-corrected chi connectivity index (χ2v) is 5.68. The van der Waals surface area contributed by atoms with Gasteiger partial charge < -0.3 is 14.9 Å². The molecule has 1 unspecified atom stereocenters. The van der Waals surface area contributed by atoms with Crippen LogP contribution in [0.1, 0.15) is 23.4 Å². The zero-order chi connectivity index (χ0) is 17.1. The zero-order valence-electron chi connectivity index (χ0n) is 13.9. The van der Waals surface area contributed by atoms with Gasteiger partial charge in [-0.05, 0) is 42.8 Å². The molecule has 1 aromatic heterocycles. The summed E-state index contributed by atoms with van der Waals surface area (Å²) in [6, 6.07) is 9.46. The smallest absolute Gasteiger partial charge is 0.264 e. The van der Waals surface area contributed by atoms with E-state index in [9.17, 15) is 4.79 Å². The van der Waals surface area contributed by atoms with Gasteiger partial charge in [0.15, 0.2) is 0 Å². The number of ether oxygens (including phenoxy) is 1. The lowest BCUT2D eigenvalue weighted by Gasteiger charge is -2.09. The molecule has 126 valence electrons. The molecule has 0 spiro atoms. The maximum Gasteiger partial charge on any atom is 0.264 e. The minimum Gasteiger partial charge on any atom is -0.497 e. The highest BCUT2D eigenvalue weighted by Crippen LogP contribution is 2.19. The second kappa shape index (κ2) is 6.74. The number of carbonyl (C=O) groups excluding carboxylic acids is 1. The number of amides is 1. The van der Waals surface area contributed by atoms with Crippen molar-refractivity contribution in [3.8, 4) is 5.75 Å². The van der Waals surface area contributed by atoms with Crippen LogP contribution >= 0.6 is 0 Å². The van der Waals surface area contributed by atoms with Crippen molar-refractivity contribution in [2.45, 2.75) is 26.0 Å². The minimum absolute atomic E-state index is 0.180. The van der Waals surface area contributed by atoms with E-state index in [1.54, 1.807) is 11.8 Å². The number of hydrogen-bond donors (Lipinski definition) is 1. The van der Waals surface area contributed by atoms with Gasteiger partial charge in [0.05, 0.1) is 30.8 Å². The Labute approximate surface area is 140 Å². The molecule has 7 heteroatoms. The van der Waals surface area contributed by atoms with Crippen LogP contribution in [0.4, 0.5) is 0 Å². The van der Waals surface area contributed by atoms with Crippen molar-refractivity contribution in [3.05, 3.63) is 47.3 Å². The molecule has 3 rings (SSSR count). The Hall–Kier alpha value is -2.83. The van der Waals surface area contributed by atoms with Crippen LogP contribution < -0.4 is 10.1 Å². The summed E-state index contributed by atoms with van der Waals surface area (Å²) in [6.45, 7) is 2.33. The third kappa shape index (κ3) is 3.40. The summed E-state index contributed by atoms with van der Waals surface area (Å²) in [7, 11) is 3.47. The highest BCUT2D eigenvalue weighted by molar-refractivity contribution is 6.04. The van der Waals surface area contributed by atoms with Crippen molar-refractivity contribution in [3.63, 3.8) is 0 Å². The van der Waals surface area contributed by atoms with E-state index in [1.165, 1.54) is 0 Å². The minimum atomic E-state index is -0.601. The van der Waals surface area contributed by atoms with E-state index in [0.717, 1.165) is 28.4 Å². The number of benzene rings is 1. The SMILES string of the molecule is COc1ccc(C2=NOC(C(=O)NCc3cc(C)nn3C)C2)cc1. The topological polar surface area (TPSA) is 77.7 Å². The number of hydrogen-bond acceptors (Lipinski definition) is 5. The van der Waals surface area contributed by atoms with Gasteiger partial charge in [-0.3, -0.25) is 9.48 Å². The molecule has 0 aliphatic carbocycles. The quantitative estimate of drug-likeness (QED) is 0.903. The Morgan fingerprint density at radius 2 is 2.17 bits per heavy atom. The third-order valence-electron chi connectivity index (χ3n) is 3.93. The van der Waals surface area contributed by atoms with Crippen LogP contribution in [0.5, 0.6) is 5.75 Å². The van der Waals surface area contributed by atoms with E-state index in [0.29, 0.717) is 13.0 Å². The highest BCUT2D eigenvalue weighted by Gasteiger charge is 2.28. The summed E-state index contributed by atoms with van der Waals surface area (Å²) in [5.74, 6) is 0.597. The monoisotopic (exact) mass is 328 g/mol. The van der Waals surface area contributed by atoms with Crippen LogP contribution in [0.15, 0.2) is 35.5 Å². The second-order valence-electron chi connectivity index (χ2n) is 5.68. The van der Waals surface area contributed by atoms with E-state index >= 15 is 0 Å². The zero-order valence-corrected chi connectivity index (χ0v) is 13.9. The summed E-state index contributed by atoms with van der Waals surface area (Å²) in [5.41, 5.74) is 3.54. The fourth-order valence-electron chi connectivity index (χ4n) is 2.59. The van der Waals surface area contributed by atoms with Crippen LogP contribution in [-0.2, 0) is 23.2 Å². The Morgan fingerprint density at radius 1 is 1.42 bits per heavy atom. The first-order valence-corrected chi connectivity index (χ1v) is 7.71. The van der Waals surface area contributed by atoms with E-state index in [1.807, 2.05) is 44.3 Å². The predicted octanol–water partition coefficient (Wildman–Crippen LogP) is 1.55.